The topological polar surface area (TPSA) is 79.9 Å². The second-order valence-electron chi connectivity index (χ2n) is 5.97. The summed E-state index contributed by atoms with van der Waals surface area (Å²) in [6.07, 6.45) is -0.0679. The van der Waals surface area contributed by atoms with Gasteiger partial charge in [0.1, 0.15) is 11.6 Å². The SMILES string of the molecule is CON(C)C(=O)[C@H](CC(C)C)NNC(=O)OC(C)(C)C. The molecule has 2 amide bonds. The molecule has 0 bridgehead atoms. The van der Waals surface area contributed by atoms with E-state index in [1.54, 1.807) is 20.8 Å². The van der Waals surface area contributed by atoms with Crippen LogP contribution in [0.15, 0.2) is 0 Å². The quantitative estimate of drug-likeness (QED) is 0.723. The molecule has 0 saturated carbocycles. The summed E-state index contributed by atoms with van der Waals surface area (Å²) < 4.78 is 5.09. The lowest BCUT2D eigenvalue weighted by Crippen LogP contribution is -2.53. The number of ether oxygens (including phenoxy) is 1. The molecule has 0 unspecified atom stereocenters. The highest BCUT2D eigenvalue weighted by Crippen LogP contribution is 2.08. The second-order valence-corrected chi connectivity index (χ2v) is 5.97. The number of hydrazine groups is 1. The van der Waals surface area contributed by atoms with E-state index < -0.39 is 17.7 Å². The van der Waals surface area contributed by atoms with E-state index in [4.69, 9.17) is 9.57 Å². The van der Waals surface area contributed by atoms with Gasteiger partial charge in [0.05, 0.1) is 7.11 Å². The van der Waals surface area contributed by atoms with Crippen molar-refractivity contribution < 1.29 is 19.2 Å². The standard InChI is InChI=1S/C13H27N3O4/c1-9(2)8-10(11(17)16(6)19-7)14-15-12(18)20-13(3,4)5/h9-10,14H,8H2,1-7H3,(H,15,18)/t10-/m0/s1. The minimum Gasteiger partial charge on any atom is -0.443 e. The molecule has 7 heteroatoms. The predicted molar refractivity (Wildman–Crippen MR) is 75.5 cm³/mol. The summed E-state index contributed by atoms with van der Waals surface area (Å²) in [6.45, 7) is 9.27. The van der Waals surface area contributed by atoms with E-state index in [9.17, 15) is 9.59 Å². The summed E-state index contributed by atoms with van der Waals surface area (Å²) >= 11 is 0. The molecule has 0 radical (unpaired) electrons. The first-order chi connectivity index (χ1) is 9.06. The predicted octanol–water partition coefficient (Wildman–Crippen LogP) is 1.45. The molecule has 1 atom stereocenters. The van der Waals surface area contributed by atoms with Crippen LogP contribution in [-0.2, 0) is 14.4 Å². The van der Waals surface area contributed by atoms with Crippen LogP contribution in [0.3, 0.4) is 0 Å². The van der Waals surface area contributed by atoms with E-state index in [-0.39, 0.29) is 11.8 Å². The van der Waals surface area contributed by atoms with Crippen LogP contribution in [0.4, 0.5) is 4.79 Å². The molecule has 0 saturated heterocycles. The molecule has 118 valence electrons. The summed E-state index contributed by atoms with van der Waals surface area (Å²) in [5.41, 5.74) is 4.49. The van der Waals surface area contributed by atoms with Gasteiger partial charge in [-0.25, -0.2) is 15.3 Å². The molecule has 20 heavy (non-hydrogen) atoms. The first-order valence-electron chi connectivity index (χ1n) is 6.63. The Morgan fingerprint density at radius 1 is 1.25 bits per heavy atom. The number of carbonyl (C=O) groups excluding carboxylic acids is 2. The summed E-state index contributed by atoms with van der Waals surface area (Å²) in [5.74, 6) is 0.0133. The Bertz CT molecular complexity index is 326. The minimum absolute atomic E-state index is 0.266. The van der Waals surface area contributed by atoms with Gasteiger partial charge >= 0.3 is 6.09 Å². The number of amides is 2. The van der Waals surface area contributed by atoms with Crippen molar-refractivity contribution in [1.82, 2.24) is 15.9 Å². The number of hydroxylamine groups is 2. The molecule has 0 aromatic rings. The molecule has 0 aliphatic heterocycles. The van der Waals surface area contributed by atoms with Gasteiger partial charge in [0.25, 0.3) is 5.91 Å². The van der Waals surface area contributed by atoms with E-state index in [1.165, 1.54) is 14.2 Å². The fourth-order valence-electron chi connectivity index (χ4n) is 1.45. The van der Waals surface area contributed by atoms with Gasteiger partial charge in [-0.1, -0.05) is 13.8 Å². The third-order valence-electron chi connectivity index (χ3n) is 2.34. The zero-order valence-electron chi connectivity index (χ0n) is 13.4. The van der Waals surface area contributed by atoms with Crippen molar-refractivity contribution in [2.45, 2.75) is 52.7 Å². The Morgan fingerprint density at radius 2 is 1.80 bits per heavy atom. The van der Waals surface area contributed by atoms with Gasteiger partial charge < -0.3 is 4.74 Å². The lowest BCUT2D eigenvalue weighted by atomic mass is 10.0. The van der Waals surface area contributed by atoms with E-state index in [2.05, 4.69) is 10.9 Å². The Morgan fingerprint density at radius 3 is 2.20 bits per heavy atom. The second kappa shape index (κ2) is 8.06. The van der Waals surface area contributed by atoms with Crippen molar-refractivity contribution >= 4 is 12.0 Å². The number of likely N-dealkylation sites (N-methyl/N-ethyl adjacent to an activating group) is 1. The molecule has 0 fully saturated rings. The summed E-state index contributed by atoms with van der Waals surface area (Å²) in [4.78, 5) is 28.5. The van der Waals surface area contributed by atoms with Gasteiger partial charge in [0, 0.05) is 7.05 Å². The Balaban J connectivity index is 4.52. The lowest BCUT2D eigenvalue weighted by Gasteiger charge is -2.25. The van der Waals surface area contributed by atoms with Gasteiger partial charge in [0.15, 0.2) is 0 Å². The molecule has 0 aromatic carbocycles. The zero-order valence-corrected chi connectivity index (χ0v) is 13.4. The number of nitrogens with zero attached hydrogens (tertiary/aromatic N) is 1. The zero-order chi connectivity index (χ0) is 15.9. The molecule has 0 aliphatic rings. The molecule has 0 rings (SSSR count). The molecule has 0 spiro atoms. The van der Waals surface area contributed by atoms with Crippen molar-refractivity contribution in [1.29, 1.82) is 0 Å². The molecule has 0 heterocycles. The van der Waals surface area contributed by atoms with Crippen molar-refractivity contribution in [3.05, 3.63) is 0 Å². The number of hydrogen-bond donors (Lipinski definition) is 2. The van der Waals surface area contributed by atoms with Crippen LogP contribution in [-0.4, -0.2) is 42.9 Å². The molecule has 2 N–H and O–H groups in total. The van der Waals surface area contributed by atoms with Crippen LogP contribution in [0, 0.1) is 5.92 Å². The Kier molecular flexibility index (Phi) is 7.52. The fraction of sp³-hybridized carbons (Fsp3) is 0.846. The first kappa shape index (κ1) is 18.7. The highest BCUT2D eigenvalue weighted by molar-refractivity contribution is 5.81. The van der Waals surface area contributed by atoms with E-state index >= 15 is 0 Å². The third kappa shape index (κ3) is 7.96. The summed E-state index contributed by atoms with van der Waals surface area (Å²) in [7, 11) is 2.93. The maximum absolute atomic E-state index is 12.1. The van der Waals surface area contributed by atoms with Crippen LogP contribution in [0.2, 0.25) is 0 Å². The summed E-state index contributed by atoms with van der Waals surface area (Å²) in [5, 5.41) is 1.12. The highest BCUT2D eigenvalue weighted by Gasteiger charge is 2.24. The van der Waals surface area contributed by atoms with Gasteiger partial charge in [-0.15, -0.1) is 0 Å². The maximum Gasteiger partial charge on any atom is 0.422 e. The Hall–Kier alpha value is -1.34. The smallest absolute Gasteiger partial charge is 0.422 e. The largest absolute Gasteiger partial charge is 0.443 e. The van der Waals surface area contributed by atoms with Crippen molar-refractivity contribution in [3.8, 4) is 0 Å². The van der Waals surface area contributed by atoms with Gasteiger partial charge in [0.2, 0.25) is 0 Å². The molecule has 0 aliphatic carbocycles. The van der Waals surface area contributed by atoms with Gasteiger partial charge in [-0.3, -0.25) is 15.1 Å². The maximum atomic E-state index is 12.1. The molecule has 0 aromatic heterocycles. The van der Waals surface area contributed by atoms with E-state index in [0.29, 0.717) is 6.42 Å². The fourth-order valence-corrected chi connectivity index (χ4v) is 1.45. The average Bonchev–Trinajstić information content (AvgIpc) is 2.29. The normalized spacial score (nSPS) is 13.0. The van der Waals surface area contributed by atoms with Gasteiger partial charge in [-0.05, 0) is 33.1 Å². The monoisotopic (exact) mass is 289 g/mol. The Labute approximate surface area is 120 Å². The van der Waals surface area contributed by atoms with Crippen molar-refractivity contribution in [2.24, 2.45) is 5.92 Å². The molecule has 7 nitrogen and oxygen atoms in total. The summed E-state index contributed by atoms with van der Waals surface area (Å²) in [6, 6.07) is -0.576. The van der Waals surface area contributed by atoms with Gasteiger partial charge in [-0.2, -0.15) is 0 Å². The minimum atomic E-state index is -0.626. The first-order valence-corrected chi connectivity index (χ1v) is 6.63. The van der Waals surface area contributed by atoms with Crippen LogP contribution in [0.25, 0.3) is 0 Å². The van der Waals surface area contributed by atoms with E-state index in [0.717, 1.165) is 5.06 Å². The third-order valence-corrected chi connectivity index (χ3v) is 2.34. The number of nitrogens with one attached hydrogen (secondary N) is 2. The van der Waals surface area contributed by atoms with Crippen molar-refractivity contribution in [3.63, 3.8) is 0 Å². The van der Waals surface area contributed by atoms with Crippen molar-refractivity contribution in [2.75, 3.05) is 14.2 Å². The average molecular weight is 289 g/mol. The van der Waals surface area contributed by atoms with Crippen LogP contribution in [0.1, 0.15) is 41.0 Å². The number of hydrogen-bond acceptors (Lipinski definition) is 5. The lowest BCUT2D eigenvalue weighted by molar-refractivity contribution is -0.171. The molecular formula is C13H27N3O4. The van der Waals surface area contributed by atoms with E-state index in [1.807, 2.05) is 13.8 Å². The highest BCUT2D eigenvalue weighted by atomic mass is 16.7. The molecular weight excluding hydrogens is 262 g/mol. The van der Waals surface area contributed by atoms with Crippen LogP contribution in [0.5, 0.6) is 0 Å². The number of carbonyl (C=O) groups is 2. The number of rotatable bonds is 6. The van der Waals surface area contributed by atoms with Crippen LogP contribution >= 0.6 is 0 Å². The van der Waals surface area contributed by atoms with Crippen LogP contribution < -0.4 is 10.9 Å².